The van der Waals surface area contributed by atoms with Gasteiger partial charge in [0.25, 0.3) is 0 Å². The van der Waals surface area contributed by atoms with Crippen LogP contribution in [0.15, 0.2) is 24.3 Å². The average Bonchev–Trinajstić information content (AvgIpc) is 2.39. The number of rotatable bonds is 4. The van der Waals surface area contributed by atoms with E-state index in [1.54, 1.807) is 0 Å². The van der Waals surface area contributed by atoms with E-state index in [-0.39, 0.29) is 6.04 Å². The molecule has 1 aliphatic carbocycles. The first-order valence-electron chi connectivity index (χ1n) is 8.03. The first-order chi connectivity index (χ1) is 9.49. The van der Waals surface area contributed by atoms with Crippen molar-refractivity contribution in [1.29, 1.82) is 0 Å². The molecule has 2 rings (SSSR count). The minimum Gasteiger partial charge on any atom is -0.326 e. The molecule has 2 N–H and O–H groups in total. The van der Waals surface area contributed by atoms with Gasteiger partial charge in [0.15, 0.2) is 0 Å². The number of nitrogens with two attached hydrogens (primary N) is 1. The molecule has 0 radical (unpaired) electrons. The maximum atomic E-state index is 6.31. The quantitative estimate of drug-likeness (QED) is 0.902. The first-order valence-corrected chi connectivity index (χ1v) is 8.03. The molecule has 2 heteroatoms. The van der Waals surface area contributed by atoms with Crippen LogP contribution in [0.4, 0.5) is 0 Å². The number of hydrogen-bond donors (Lipinski definition) is 1. The van der Waals surface area contributed by atoms with E-state index < -0.39 is 0 Å². The summed E-state index contributed by atoms with van der Waals surface area (Å²) in [7, 11) is 2.26. The fourth-order valence-electron chi connectivity index (χ4n) is 3.64. The molecular formula is C18H30N2. The molecule has 1 fully saturated rings. The van der Waals surface area contributed by atoms with E-state index >= 15 is 0 Å². The molecule has 1 saturated carbocycles. The van der Waals surface area contributed by atoms with Gasteiger partial charge < -0.3 is 5.73 Å². The highest BCUT2D eigenvalue weighted by Gasteiger charge is 2.29. The van der Waals surface area contributed by atoms with Crippen LogP contribution in [0, 0.1) is 12.8 Å². The number of aryl methyl sites for hydroxylation is 1. The number of benzene rings is 1. The van der Waals surface area contributed by atoms with Gasteiger partial charge in [0.1, 0.15) is 0 Å². The Bertz CT molecular complexity index is 419. The molecule has 20 heavy (non-hydrogen) atoms. The summed E-state index contributed by atoms with van der Waals surface area (Å²) < 4.78 is 0. The summed E-state index contributed by atoms with van der Waals surface area (Å²) in [5.74, 6) is 0.896. The highest BCUT2D eigenvalue weighted by molar-refractivity contribution is 5.26. The second kappa shape index (κ2) is 6.73. The van der Waals surface area contributed by atoms with Crippen molar-refractivity contribution in [3.8, 4) is 0 Å². The van der Waals surface area contributed by atoms with Gasteiger partial charge in [-0.2, -0.15) is 0 Å². The fraction of sp³-hybridized carbons (Fsp3) is 0.667. The molecule has 0 heterocycles. The van der Waals surface area contributed by atoms with Gasteiger partial charge in [-0.1, -0.05) is 36.8 Å². The lowest BCUT2D eigenvalue weighted by molar-refractivity contribution is 0.111. The van der Waals surface area contributed by atoms with Crippen molar-refractivity contribution in [2.75, 3.05) is 7.05 Å². The van der Waals surface area contributed by atoms with Crippen LogP contribution in [0.25, 0.3) is 0 Å². The van der Waals surface area contributed by atoms with Crippen molar-refractivity contribution in [3.63, 3.8) is 0 Å². The van der Waals surface area contributed by atoms with E-state index in [0.29, 0.717) is 12.1 Å². The highest BCUT2D eigenvalue weighted by Crippen LogP contribution is 2.32. The average molecular weight is 274 g/mol. The molecule has 0 saturated heterocycles. The summed E-state index contributed by atoms with van der Waals surface area (Å²) in [6, 6.07) is 9.98. The summed E-state index contributed by atoms with van der Waals surface area (Å²) in [5, 5.41) is 0. The Morgan fingerprint density at radius 3 is 2.40 bits per heavy atom. The number of likely N-dealkylation sites (N-methyl/N-ethyl adjacent to an activating group) is 1. The zero-order valence-electron chi connectivity index (χ0n) is 13.5. The smallest absolute Gasteiger partial charge is 0.0496 e. The van der Waals surface area contributed by atoms with Gasteiger partial charge in [-0.3, -0.25) is 4.90 Å². The van der Waals surface area contributed by atoms with Crippen LogP contribution < -0.4 is 5.73 Å². The molecule has 1 aromatic carbocycles. The lowest BCUT2D eigenvalue weighted by atomic mass is 9.85. The van der Waals surface area contributed by atoms with E-state index in [1.165, 1.54) is 36.8 Å². The van der Waals surface area contributed by atoms with Crippen LogP contribution in [-0.4, -0.2) is 24.0 Å². The molecule has 0 aromatic heterocycles. The lowest BCUT2D eigenvalue weighted by Gasteiger charge is -2.40. The van der Waals surface area contributed by atoms with E-state index in [4.69, 9.17) is 5.73 Å². The molecule has 2 nitrogen and oxygen atoms in total. The maximum absolute atomic E-state index is 6.31. The Balaban J connectivity index is 2.16. The maximum Gasteiger partial charge on any atom is 0.0496 e. The molecule has 0 bridgehead atoms. The standard InChI is InChI=1S/C18H30N2/c1-13-8-10-17(11-9-13)20(4)18(15(3)19)16-7-5-6-14(2)12-16/h5-7,12-13,15,17-18H,8-11,19H2,1-4H3. The Kier molecular flexibility index (Phi) is 5.22. The van der Waals surface area contributed by atoms with Crippen molar-refractivity contribution in [3.05, 3.63) is 35.4 Å². The third-order valence-corrected chi connectivity index (χ3v) is 4.88. The number of nitrogens with zero attached hydrogens (tertiary/aromatic N) is 1. The van der Waals surface area contributed by atoms with E-state index in [0.717, 1.165) is 5.92 Å². The third-order valence-electron chi connectivity index (χ3n) is 4.88. The molecule has 0 aliphatic heterocycles. The molecule has 1 aromatic rings. The largest absolute Gasteiger partial charge is 0.326 e. The second-order valence-electron chi connectivity index (χ2n) is 6.80. The molecule has 112 valence electrons. The topological polar surface area (TPSA) is 29.3 Å². The molecule has 1 aliphatic rings. The van der Waals surface area contributed by atoms with Gasteiger partial charge in [0, 0.05) is 18.1 Å². The summed E-state index contributed by atoms with van der Waals surface area (Å²) >= 11 is 0. The predicted octanol–water partition coefficient (Wildman–Crippen LogP) is 3.89. The monoisotopic (exact) mass is 274 g/mol. The van der Waals surface area contributed by atoms with Crippen LogP contribution in [-0.2, 0) is 0 Å². The Labute approximate surface area is 124 Å². The highest BCUT2D eigenvalue weighted by atomic mass is 15.2. The summed E-state index contributed by atoms with van der Waals surface area (Å²) in [4.78, 5) is 2.53. The van der Waals surface area contributed by atoms with Crippen molar-refractivity contribution in [1.82, 2.24) is 4.90 Å². The van der Waals surface area contributed by atoms with Gasteiger partial charge in [0.05, 0.1) is 0 Å². The minimum absolute atomic E-state index is 0.154. The molecule has 0 spiro atoms. The summed E-state index contributed by atoms with van der Waals surface area (Å²) in [5.41, 5.74) is 8.99. The van der Waals surface area contributed by atoms with Gasteiger partial charge in [0.2, 0.25) is 0 Å². The van der Waals surface area contributed by atoms with Gasteiger partial charge >= 0.3 is 0 Å². The normalized spacial score (nSPS) is 26.5. The summed E-state index contributed by atoms with van der Waals surface area (Å²) in [6.45, 7) is 6.67. The Morgan fingerprint density at radius 1 is 1.20 bits per heavy atom. The van der Waals surface area contributed by atoms with Gasteiger partial charge in [-0.25, -0.2) is 0 Å². The van der Waals surface area contributed by atoms with E-state index in [9.17, 15) is 0 Å². The second-order valence-corrected chi connectivity index (χ2v) is 6.80. The fourth-order valence-corrected chi connectivity index (χ4v) is 3.64. The molecule has 2 unspecified atom stereocenters. The van der Waals surface area contributed by atoms with Crippen LogP contribution in [0.2, 0.25) is 0 Å². The van der Waals surface area contributed by atoms with Crippen molar-refractivity contribution in [2.24, 2.45) is 11.7 Å². The lowest BCUT2D eigenvalue weighted by Crippen LogP contribution is -2.44. The van der Waals surface area contributed by atoms with Crippen molar-refractivity contribution < 1.29 is 0 Å². The van der Waals surface area contributed by atoms with Crippen LogP contribution in [0.5, 0.6) is 0 Å². The predicted molar refractivity (Wildman–Crippen MR) is 86.8 cm³/mol. The van der Waals surface area contributed by atoms with Crippen molar-refractivity contribution >= 4 is 0 Å². The molecular weight excluding hydrogens is 244 g/mol. The summed E-state index contributed by atoms with van der Waals surface area (Å²) in [6.07, 6.45) is 5.34. The van der Waals surface area contributed by atoms with E-state index in [2.05, 4.69) is 57.0 Å². The SMILES string of the molecule is Cc1cccc(C(C(C)N)N(C)C2CCC(C)CC2)c1. The minimum atomic E-state index is 0.154. The first kappa shape index (κ1) is 15.5. The Morgan fingerprint density at radius 2 is 1.85 bits per heavy atom. The van der Waals surface area contributed by atoms with Crippen molar-refractivity contribution in [2.45, 2.75) is 64.6 Å². The van der Waals surface area contributed by atoms with Crippen LogP contribution in [0.3, 0.4) is 0 Å². The van der Waals surface area contributed by atoms with E-state index in [1.807, 2.05) is 0 Å². The van der Waals surface area contributed by atoms with Crippen LogP contribution >= 0.6 is 0 Å². The Hall–Kier alpha value is -0.860. The zero-order chi connectivity index (χ0) is 14.7. The number of hydrogen-bond acceptors (Lipinski definition) is 2. The molecule has 0 amide bonds. The van der Waals surface area contributed by atoms with Gasteiger partial charge in [-0.15, -0.1) is 0 Å². The zero-order valence-corrected chi connectivity index (χ0v) is 13.5. The third kappa shape index (κ3) is 3.62. The molecule has 2 atom stereocenters. The van der Waals surface area contributed by atoms with Crippen LogP contribution in [0.1, 0.15) is 56.7 Å². The van der Waals surface area contributed by atoms with Gasteiger partial charge in [-0.05, 0) is 58.1 Å².